The Kier molecular flexibility index (Phi) is 4.29. The lowest BCUT2D eigenvalue weighted by Gasteiger charge is -2.04. The van der Waals surface area contributed by atoms with Crippen molar-refractivity contribution in [2.75, 3.05) is 12.4 Å². The summed E-state index contributed by atoms with van der Waals surface area (Å²) in [5.74, 6) is 1.76. The van der Waals surface area contributed by atoms with Gasteiger partial charge in [-0.3, -0.25) is 0 Å². The number of thioether (sulfide) groups is 1. The minimum absolute atomic E-state index is 0.803. The summed E-state index contributed by atoms with van der Waals surface area (Å²) in [5, 5.41) is 3.80. The Labute approximate surface area is 110 Å². The molecule has 1 aromatic carbocycles. The minimum Gasteiger partial charge on any atom is -0.373 e. The first-order chi connectivity index (χ1) is 8.29. The zero-order valence-electron chi connectivity index (χ0n) is 9.48. The first-order valence-electron chi connectivity index (χ1n) is 5.29. The van der Waals surface area contributed by atoms with E-state index in [1.807, 2.05) is 43.6 Å². The molecule has 0 bridgehead atoms. The summed E-state index contributed by atoms with van der Waals surface area (Å²) in [6.07, 6.45) is 1.88. The van der Waals surface area contributed by atoms with Crippen molar-refractivity contribution in [2.24, 2.45) is 0 Å². The van der Waals surface area contributed by atoms with Crippen molar-refractivity contribution in [1.29, 1.82) is 0 Å². The maximum absolute atomic E-state index is 6.09. The zero-order chi connectivity index (χ0) is 12.1. The predicted molar refractivity (Wildman–Crippen MR) is 74.8 cm³/mol. The first-order valence-corrected chi connectivity index (χ1v) is 6.66. The van der Waals surface area contributed by atoms with Crippen LogP contribution in [0, 0.1) is 0 Å². The lowest BCUT2D eigenvalue weighted by Crippen LogP contribution is -1.92. The van der Waals surface area contributed by atoms with E-state index in [2.05, 4.69) is 16.4 Å². The fourth-order valence-corrected chi connectivity index (χ4v) is 2.55. The van der Waals surface area contributed by atoms with Crippen molar-refractivity contribution in [3.05, 3.63) is 53.2 Å². The lowest BCUT2D eigenvalue weighted by molar-refractivity contribution is 1.23. The van der Waals surface area contributed by atoms with Crippen molar-refractivity contribution < 1.29 is 0 Å². The predicted octanol–water partition coefficient (Wildman–Crippen LogP) is 4.07. The number of pyridine rings is 1. The third-order valence-corrected chi connectivity index (χ3v) is 3.90. The van der Waals surface area contributed by atoms with Crippen molar-refractivity contribution in [1.82, 2.24) is 4.98 Å². The molecule has 2 rings (SSSR count). The molecular weight excluding hydrogens is 252 g/mol. The summed E-state index contributed by atoms with van der Waals surface area (Å²) in [7, 11) is 1.86. The van der Waals surface area contributed by atoms with Crippen molar-refractivity contribution >= 4 is 29.2 Å². The number of hydrogen-bond acceptors (Lipinski definition) is 3. The van der Waals surface area contributed by atoms with Crippen LogP contribution in [0.3, 0.4) is 0 Å². The molecular formula is C13H13ClN2S. The van der Waals surface area contributed by atoms with Gasteiger partial charge in [0.2, 0.25) is 0 Å². The van der Waals surface area contributed by atoms with Crippen molar-refractivity contribution in [2.45, 2.75) is 10.6 Å². The van der Waals surface area contributed by atoms with Crippen LogP contribution in [0.25, 0.3) is 0 Å². The average molecular weight is 265 g/mol. The van der Waals surface area contributed by atoms with E-state index in [1.54, 1.807) is 11.8 Å². The molecule has 4 heteroatoms. The van der Waals surface area contributed by atoms with Gasteiger partial charge in [0.25, 0.3) is 0 Å². The van der Waals surface area contributed by atoms with Gasteiger partial charge in [-0.15, -0.1) is 11.8 Å². The molecule has 0 radical (unpaired) electrons. The van der Waals surface area contributed by atoms with Gasteiger partial charge < -0.3 is 5.32 Å². The number of halogens is 1. The maximum Gasteiger partial charge on any atom is 0.125 e. The molecule has 0 fully saturated rings. The molecule has 0 aliphatic rings. The smallest absolute Gasteiger partial charge is 0.125 e. The quantitative estimate of drug-likeness (QED) is 0.843. The van der Waals surface area contributed by atoms with Gasteiger partial charge in [-0.25, -0.2) is 4.98 Å². The highest BCUT2D eigenvalue weighted by molar-refractivity contribution is 7.98. The standard InChI is InChI=1S/C13H13ClN2S/c1-15-13-7-6-10(8-16-13)9-17-12-5-3-2-4-11(12)14/h2-8H,9H2,1H3,(H,15,16). The Morgan fingerprint density at radius 3 is 2.71 bits per heavy atom. The molecule has 1 N–H and O–H groups in total. The first kappa shape index (κ1) is 12.3. The SMILES string of the molecule is CNc1ccc(CSc2ccccc2Cl)cn1. The van der Waals surface area contributed by atoms with Gasteiger partial charge in [-0.1, -0.05) is 29.8 Å². The molecule has 2 aromatic rings. The van der Waals surface area contributed by atoms with Crippen LogP contribution >= 0.6 is 23.4 Å². The molecule has 0 amide bonds. The van der Waals surface area contributed by atoms with Crippen LogP contribution in [0.2, 0.25) is 5.02 Å². The van der Waals surface area contributed by atoms with Gasteiger partial charge in [0, 0.05) is 23.9 Å². The van der Waals surface area contributed by atoms with Gasteiger partial charge >= 0.3 is 0 Å². The van der Waals surface area contributed by atoms with Crippen LogP contribution in [0.1, 0.15) is 5.56 Å². The molecule has 0 unspecified atom stereocenters. The summed E-state index contributed by atoms with van der Waals surface area (Å²) in [5.41, 5.74) is 1.19. The summed E-state index contributed by atoms with van der Waals surface area (Å²) in [6.45, 7) is 0. The second-order valence-corrected chi connectivity index (χ2v) is 4.95. The highest BCUT2D eigenvalue weighted by Gasteiger charge is 2.01. The average Bonchev–Trinajstić information content (AvgIpc) is 2.38. The normalized spacial score (nSPS) is 10.2. The molecule has 0 spiro atoms. The van der Waals surface area contributed by atoms with E-state index in [1.165, 1.54) is 5.56 Å². The zero-order valence-corrected chi connectivity index (χ0v) is 11.1. The monoisotopic (exact) mass is 264 g/mol. The molecule has 0 saturated carbocycles. The van der Waals surface area contributed by atoms with Crippen molar-refractivity contribution in [3.63, 3.8) is 0 Å². The van der Waals surface area contributed by atoms with E-state index in [9.17, 15) is 0 Å². The fourth-order valence-electron chi connectivity index (χ4n) is 1.38. The second-order valence-electron chi connectivity index (χ2n) is 3.52. The third-order valence-electron chi connectivity index (χ3n) is 2.31. The number of nitrogens with one attached hydrogen (secondary N) is 1. The van der Waals surface area contributed by atoms with Gasteiger partial charge in [0.1, 0.15) is 5.82 Å². The topological polar surface area (TPSA) is 24.9 Å². The number of benzene rings is 1. The maximum atomic E-state index is 6.09. The van der Waals surface area contributed by atoms with Gasteiger partial charge in [-0.2, -0.15) is 0 Å². The van der Waals surface area contributed by atoms with Crippen LogP contribution in [0.15, 0.2) is 47.5 Å². The van der Waals surface area contributed by atoms with E-state index in [4.69, 9.17) is 11.6 Å². The van der Waals surface area contributed by atoms with Crippen molar-refractivity contribution in [3.8, 4) is 0 Å². The van der Waals surface area contributed by atoms with E-state index in [0.717, 1.165) is 21.5 Å². The summed E-state index contributed by atoms with van der Waals surface area (Å²) >= 11 is 7.81. The van der Waals surface area contributed by atoms with Gasteiger partial charge in [0.15, 0.2) is 0 Å². The van der Waals surface area contributed by atoms with Crippen LogP contribution in [-0.4, -0.2) is 12.0 Å². The Balaban J connectivity index is 2.00. The number of aromatic nitrogens is 1. The third kappa shape index (κ3) is 3.38. The van der Waals surface area contributed by atoms with Gasteiger partial charge in [0.05, 0.1) is 5.02 Å². The molecule has 0 aliphatic heterocycles. The molecule has 0 aliphatic carbocycles. The van der Waals surface area contributed by atoms with Crippen LogP contribution < -0.4 is 5.32 Å². The molecule has 0 saturated heterocycles. The molecule has 0 atom stereocenters. The summed E-state index contributed by atoms with van der Waals surface area (Å²) in [4.78, 5) is 5.38. The second kappa shape index (κ2) is 5.94. The number of nitrogens with zero attached hydrogens (tertiary/aromatic N) is 1. The number of hydrogen-bond donors (Lipinski definition) is 1. The summed E-state index contributed by atoms with van der Waals surface area (Å²) in [6, 6.07) is 11.9. The fraction of sp³-hybridized carbons (Fsp3) is 0.154. The van der Waals surface area contributed by atoms with E-state index in [0.29, 0.717) is 0 Å². The minimum atomic E-state index is 0.803. The molecule has 88 valence electrons. The van der Waals surface area contributed by atoms with E-state index >= 15 is 0 Å². The molecule has 1 heterocycles. The van der Waals surface area contributed by atoms with Crippen LogP contribution in [-0.2, 0) is 5.75 Å². The van der Waals surface area contributed by atoms with E-state index in [-0.39, 0.29) is 0 Å². The Morgan fingerprint density at radius 2 is 2.06 bits per heavy atom. The Bertz CT molecular complexity index is 485. The largest absolute Gasteiger partial charge is 0.373 e. The van der Waals surface area contributed by atoms with Crippen LogP contribution in [0.5, 0.6) is 0 Å². The Morgan fingerprint density at radius 1 is 1.24 bits per heavy atom. The molecule has 1 aromatic heterocycles. The molecule has 2 nitrogen and oxygen atoms in total. The van der Waals surface area contributed by atoms with Gasteiger partial charge in [-0.05, 0) is 23.8 Å². The molecule has 17 heavy (non-hydrogen) atoms. The number of rotatable bonds is 4. The van der Waals surface area contributed by atoms with E-state index < -0.39 is 0 Å². The highest BCUT2D eigenvalue weighted by atomic mass is 35.5. The Hall–Kier alpha value is -1.19. The summed E-state index contributed by atoms with van der Waals surface area (Å²) < 4.78 is 0. The highest BCUT2D eigenvalue weighted by Crippen LogP contribution is 2.29. The number of anilines is 1. The lowest BCUT2D eigenvalue weighted by atomic mass is 10.3. The van der Waals surface area contributed by atoms with Crippen LogP contribution in [0.4, 0.5) is 5.82 Å².